The summed E-state index contributed by atoms with van der Waals surface area (Å²) in [5.74, 6) is -1.27. The predicted molar refractivity (Wildman–Crippen MR) is 114 cm³/mol. The smallest absolute Gasteiger partial charge is 0.339 e. The van der Waals surface area contributed by atoms with Crippen molar-refractivity contribution < 1.29 is 23.5 Å². The van der Waals surface area contributed by atoms with Gasteiger partial charge in [-0.15, -0.1) is 0 Å². The number of furan rings is 1. The average Bonchev–Trinajstić information content (AvgIpc) is 3.07. The van der Waals surface area contributed by atoms with E-state index >= 15 is 0 Å². The van der Waals surface area contributed by atoms with E-state index in [1.54, 1.807) is 6.26 Å². The Morgan fingerprint density at radius 1 is 1.07 bits per heavy atom. The lowest BCUT2D eigenvalue weighted by molar-refractivity contribution is -0.136. The Labute approximate surface area is 174 Å². The molecular formula is C23H27NO6. The third kappa shape index (κ3) is 4.10. The molecular weight excluding hydrogens is 386 g/mol. The second-order valence-electron chi connectivity index (χ2n) is 8.64. The van der Waals surface area contributed by atoms with E-state index in [2.05, 4.69) is 26.1 Å². The molecule has 0 radical (unpaired) electrons. The first-order valence-corrected chi connectivity index (χ1v) is 9.96. The van der Waals surface area contributed by atoms with Crippen molar-refractivity contribution in [2.75, 3.05) is 6.54 Å². The van der Waals surface area contributed by atoms with Crippen LogP contribution >= 0.6 is 0 Å². The number of carboxylic acid groups (broad SMARTS) is 1. The van der Waals surface area contributed by atoms with Gasteiger partial charge >= 0.3 is 11.6 Å². The summed E-state index contributed by atoms with van der Waals surface area (Å²) >= 11 is 0. The minimum absolute atomic E-state index is 0.0622. The lowest BCUT2D eigenvalue weighted by Crippen LogP contribution is -2.27. The molecule has 0 fully saturated rings. The van der Waals surface area contributed by atoms with E-state index in [1.807, 2.05) is 19.9 Å². The van der Waals surface area contributed by atoms with Gasteiger partial charge < -0.3 is 19.3 Å². The minimum atomic E-state index is -0.975. The van der Waals surface area contributed by atoms with E-state index in [9.17, 15) is 14.4 Å². The average molecular weight is 413 g/mol. The molecule has 2 heterocycles. The molecule has 7 nitrogen and oxygen atoms in total. The molecule has 0 aliphatic heterocycles. The number of benzene rings is 1. The maximum atomic E-state index is 12.6. The van der Waals surface area contributed by atoms with Gasteiger partial charge in [-0.2, -0.15) is 0 Å². The first-order valence-electron chi connectivity index (χ1n) is 9.96. The fourth-order valence-corrected chi connectivity index (χ4v) is 3.70. The number of carbonyl (C=O) groups excluding carboxylic acids is 1. The Bertz CT molecular complexity index is 1190. The van der Waals surface area contributed by atoms with E-state index in [0.717, 1.165) is 27.5 Å². The van der Waals surface area contributed by atoms with Crippen molar-refractivity contribution in [3.05, 3.63) is 45.0 Å². The maximum Gasteiger partial charge on any atom is 0.339 e. The lowest BCUT2D eigenvalue weighted by atomic mass is 9.86. The van der Waals surface area contributed by atoms with Crippen LogP contribution in [-0.4, -0.2) is 23.5 Å². The van der Waals surface area contributed by atoms with Gasteiger partial charge in [-0.25, -0.2) is 4.79 Å². The quantitative estimate of drug-likeness (QED) is 0.592. The molecule has 160 valence electrons. The van der Waals surface area contributed by atoms with Gasteiger partial charge in [0, 0.05) is 40.4 Å². The van der Waals surface area contributed by atoms with E-state index in [0.29, 0.717) is 16.7 Å². The molecule has 0 saturated heterocycles. The molecule has 0 aliphatic carbocycles. The van der Waals surface area contributed by atoms with E-state index in [-0.39, 0.29) is 37.1 Å². The molecule has 0 bridgehead atoms. The summed E-state index contributed by atoms with van der Waals surface area (Å²) in [6.07, 6.45) is 1.92. The van der Waals surface area contributed by atoms with Crippen LogP contribution in [0.1, 0.15) is 55.9 Å². The van der Waals surface area contributed by atoms with Crippen LogP contribution in [0.5, 0.6) is 0 Å². The van der Waals surface area contributed by atoms with Gasteiger partial charge in [0.1, 0.15) is 11.2 Å². The molecule has 0 atom stereocenters. The van der Waals surface area contributed by atoms with Crippen molar-refractivity contribution in [1.29, 1.82) is 0 Å². The summed E-state index contributed by atoms with van der Waals surface area (Å²) in [5.41, 5.74) is 3.72. The highest BCUT2D eigenvalue weighted by molar-refractivity contribution is 6.00. The molecule has 2 N–H and O–H groups in total. The highest BCUT2D eigenvalue weighted by Gasteiger charge is 2.23. The summed E-state index contributed by atoms with van der Waals surface area (Å²) in [5, 5.41) is 13.0. The maximum absolute atomic E-state index is 12.6. The van der Waals surface area contributed by atoms with Gasteiger partial charge in [-0.3, -0.25) is 9.59 Å². The number of carbonyl (C=O) groups is 2. The number of hydrogen-bond acceptors (Lipinski definition) is 5. The predicted octanol–water partition coefficient (Wildman–Crippen LogP) is 3.98. The van der Waals surface area contributed by atoms with Crippen molar-refractivity contribution in [3.63, 3.8) is 0 Å². The van der Waals surface area contributed by atoms with Crippen molar-refractivity contribution in [3.8, 4) is 0 Å². The van der Waals surface area contributed by atoms with Gasteiger partial charge in [0.05, 0.1) is 12.7 Å². The van der Waals surface area contributed by atoms with Gasteiger partial charge in [0.15, 0.2) is 0 Å². The van der Waals surface area contributed by atoms with Crippen LogP contribution in [0.3, 0.4) is 0 Å². The summed E-state index contributed by atoms with van der Waals surface area (Å²) in [7, 11) is 0. The molecule has 0 spiro atoms. The normalized spacial score (nSPS) is 11.9. The van der Waals surface area contributed by atoms with Crippen LogP contribution in [0, 0.1) is 13.8 Å². The number of nitrogens with one attached hydrogen (secondary N) is 1. The Kier molecular flexibility index (Phi) is 5.74. The van der Waals surface area contributed by atoms with Crippen LogP contribution in [-0.2, 0) is 21.4 Å². The number of aliphatic carboxylic acids is 1. The number of hydrogen-bond donors (Lipinski definition) is 2. The van der Waals surface area contributed by atoms with Crippen molar-refractivity contribution in [2.45, 2.75) is 59.3 Å². The molecule has 0 unspecified atom stereocenters. The van der Waals surface area contributed by atoms with E-state index in [4.69, 9.17) is 13.9 Å². The second-order valence-corrected chi connectivity index (χ2v) is 8.64. The number of aryl methyl sites for hydroxylation is 2. The van der Waals surface area contributed by atoms with Crippen molar-refractivity contribution in [2.24, 2.45) is 0 Å². The monoisotopic (exact) mass is 413 g/mol. The van der Waals surface area contributed by atoms with Crippen molar-refractivity contribution >= 4 is 33.8 Å². The Morgan fingerprint density at radius 3 is 2.40 bits per heavy atom. The zero-order chi connectivity index (χ0) is 22.2. The second kappa shape index (κ2) is 7.97. The van der Waals surface area contributed by atoms with E-state index < -0.39 is 11.6 Å². The summed E-state index contributed by atoms with van der Waals surface area (Å²) < 4.78 is 11.4. The molecule has 2 aromatic heterocycles. The zero-order valence-electron chi connectivity index (χ0n) is 18.0. The topological polar surface area (TPSA) is 110 Å². The Balaban J connectivity index is 1.99. The summed E-state index contributed by atoms with van der Waals surface area (Å²) in [4.78, 5) is 35.1. The fourth-order valence-electron chi connectivity index (χ4n) is 3.70. The van der Waals surface area contributed by atoms with Crippen LogP contribution < -0.4 is 10.9 Å². The van der Waals surface area contributed by atoms with Crippen LogP contribution in [0.25, 0.3) is 21.9 Å². The Morgan fingerprint density at radius 2 is 1.77 bits per heavy atom. The fraction of sp³-hybridized carbons (Fsp3) is 0.435. The van der Waals surface area contributed by atoms with Gasteiger partial charge in [-0.05, 0) is 37.3 Å². The standard InChI is InChI=1S/C23H27NO6/c1-12-14(6-7-18(25)24-9-8-19(26)27)22(28)30-21-13(2)20-16(10-15(12)21)17(11-29-20)23(3,4)5/h10-11H,6-9H2,1-5H3,(H,24,25)(H,26,27). The van der Waals surface area contributed by atoms with Crippen LogP contribution in [0.4, 0.5) is 0 Å². The number of rotatable bonds is 6. The molecule has 0 aliphatic rings. The number of fused-ring (bicyclic) bond motifs is 2. The lowest BCUT2D eigenvalue weighted by Gasteiger charge is -2.17. The zero-order valence-corrected chi connectivity index (χ0v) is 18.0. The largest absolute Gasteiger partial charge is 0.481 e. The van der Waals surface area contributed by atoms with Gasteiger partial charge in [0.25, 0.3) is 0 Å². The van der Waals surface area contributed by atoms with Gasteiger partial charge in [0.2, 0.25) is 5.91 Å². The molecule has 3 rings (SSSR count). The summed E-state index contributed by atoms with van der Waals surface area (Å²) in [6.45, 7) is 10.1. The van der Waals surface area contributed by atoms with Crippen molar-refractivity contribution in [1.82, 2.24) is 5.32 Å². The van der Waals surface area contributed by atoms with Crippen LogP contribution in [0.2, 0.25) is 0 Å². The highest BCUT2D eigenvalue weighted by atomic mass is 16.4. The van der Waals surface area contributed by atoms with Gasteiger partial charge in [-0.1, -0.05) is 20.8 Å². The third-order valence-electron chi connectivity index (χ3n) is 5.41. The third-order valence-corrected chi connectivity index (χ3v) is 5.41. The first-order chi connectivity index (χ1) is 14.0. The number of amides is 1. The molecule has 1 aromatic carbocycles. The highest BCUT2D eigenvalue weighted by Crippen LogP contribution is 2.37. The SMILES string of the molecule is Cc1c(CCC(=O)NCCC(=O)O)c(=O)oc2c(C)c3occ(C(C)(C)C)c3cc12. The first kappa shape index (κ1) is 21.6. The molecule has 3 aromatic rings. The molecule has 7 heteroatoms. The van der Waals surface area contributed by atoms with E-state index in [1.165, 1.54) is 0 Å². The van der Waals surface area contributed by atoms with Crippen LogP contribution in [0.15, 0.2) is 26.0 Å². The molecule has 1 amide bonds. The Hall–Kier alpha value is -3.09. The molecule has 0 saturated carbocycles. The molecule has 30 heavy (non-hydrogen) atoms. The minimum Gasteiger partial charge on any atom is -0.481 e. The number of carboxylic acids is 1. The summed E-state index contributed by atoms with van der Waals surface area (Å²) in [6, 6.07) is 2.00.